The van der Waals surface area contributed by atoms with Crippen LogP contribution in [0.25, 0.3) is 0 Å². The summed E-state index contributed by atoms with van der Waals surface area (Å²) in [6.45, 7) is 1.77. The van der Waals surface area contributed by atoms with Crippen molar-refractivity contribution in [3.05, 3.63) is 95.1 Å². The van der Waals surface area contributed by atoms with E-state index >= 15 is 0 Å². The fourth-order valence-electron chi connectivity index (χ4n) is 3.39. The van der Waals surface area contributed by atoms with Crippen LogP contribution in [0.5, 0.6) is 5.75 Å². The minimum atomic E-state index is -0.407. The molecule has 6 nitrogen and oxygen atoms in total. The van der Waals surface area contributed by atoms with Gasteiger partial charge in [0, 0.05) is 11.3 Å². The van der Waals surface area contributed by atoms with Crippen molar-refractivity contribution in [1.29, 1.82) is 0 Å². The van der Waals surface area contributed by atoms with Crippen LogP contribution in [0, 0.1) is 6.92 Å². The number of hydrogen-bond acceptors (Lipinski definition) is 4. The molecule has 0 spiro atoms. The predicted octanol–water partition coefficient (Wildman–Crippen LogP) is 3.90. The maximum atomic E-state index is 13.3. The molecule has 0 N–H and O–H groups in total. The summed E-state index contributed by atoms with van der Waals surface area (Å²) in [6.07, 6.45) is 0. The molecule has 1 aliphatic rings. The van der Waals surface area contributed by atoms with Gasteiger partial charge in [-0.15, -0.1) is 0 Å². The van der Waals surface area contributed by atoms with E-state index in [1.807, 2.05) is 19.1 Å². The molecule has 150 valence electrons. The summed E-state index contributed by atoms with van der Waals surface area (Å²) >= 11 is 0. The lowest BCUT2D eigenvalue weighted by Crippen LogP contribution is -2.44. The Morgan fingerprint density at radius 2 is 1.43 bits per heavy atom. The number of imide groups is 1. The van der Waals surface area contributed by atoms with Crippen LogP contribution in [0.15, 0.2) is 72.8 Å². The normalized spacial score (nSPS) is 12.7. The molecule has 0 saturated heterocycles. The molecule has 0 bridgehead atoms. The summed E-state index contributed by atoms with van der Waals surface area (Å²) in [4.78, 5) is 41.5. The number of hydrogen-bond donors (Lipinski definition) is 0. The summed E-state index contributed by atoms with van der Waals surface area (Å²) < 4.78 is 5.16. The van der Waals surface area contributed by atoms with E-state index < -0.39 is 11.8 Å². The molecule has 3 aromatic carbocycles. The van der Waals surface area contributed by atoms with E-state index in [0.29, 0.717) is 28.1 Å². The molecule has 0 fully saturated rings. The number of fused-ring (bicyclic) bond motifs is 1. The average molecular weight is 400 g/mol. The van der Waals surface area contributed by atoms with Gasteiger partial charge < -0.3 is 4.74 Å². The van der Waals surface area contributed by atoms with Crippen LogP contribution in [0.1, 0.15) is 36.6 Å². The number of rotatable bonds is 5. The molecule has 3 aromatic rings. The minimum absolute atomic E-state index is 0.180. The summed E-state index contributed by atoms with van der Waals surface area (Å²) in [5, 5.41) is 0. The number of aryl methyl sites for hydroxylation is 1. The number of amides is 3. The molecule has 6 heteroatoms. The van der Waals surface area contributed by atoms with E-state index in [4.69, 9.17) is 4.74 Å². The van der Waals surface area contributed by atoms with Gasteiger partial charge in [0.2, 0.25) is 0 Å². The van der Waals surface area contributed by atoms with Crippen molar-refractivity contribution < 1.29 is 19.1 Å². The van der Waals surface area contributed by atoms with Crippen LogP contribution >= 0.6 is 0 Å². The number of benzene rings is 3. The molecule has 4 rings (SSSR count). The largest absolute Gasteiger partial charge is 0.497 e. The number of nitrogens with zero attached hydrogens (tertiary/aromatic N) is 2. The van der Waals surface area contributed by atoms with Crippen molar-refractivity contribution in [2.45, 2.75) is 6.92 Å². The Morgan fingerprint density at radius 1 is 0.867 bits per heavy atom. The summed E-state index contributed by atoms with van der Waals surface area (Å²) in [7, 11) is 1.55. The van der Waals surface area contributed by atoms with Crippen molar-refractivity contribution in [3.63, 3.8) is 0 Å². The van der Waals surface area contributed by atoms with E-state index in [2.05, 4.69) is 0 Å². The van der Waals surface area contributed by atoms with Crippen molar-refractivity contribution >= 4 is 23.4 Å². The summed E-state index contributed by atoms with van der Waals surface area (Å²) in [5.74, 6) is -0.502. The Hall–Kier alpha value is -3.93. The second-order valence-corrected chi connectivity index (χ2v) is 7.02. The predicted molar refractivity (Wildman–Crippen MR) is 113 cm³/mol. The van der Waals surface area contributed by atoms with E-state index in [1.54, 1.807) is 67.8 Å². The minimum Gasteiger partial charge on any atom is -0.497 e. The maximum absolute atomic E-state index is 13.3. The Kier molecular flexibility index (Phi) is 5.06. The van der Waals surface area contributed by atoms with Gasteiger partial charge in [0.25, 0.3) is 17.7 Å². The molecule has 0 saturated carbocycles. The van der Waals surface area contributed by atoms with Gasteiger partial charge in [-0.1, -0.05) is 29.8 Å². The summed E-state index contributed by atoms with van der Waals surface area (Å²) in [5.41, 5.74) is 2.76. The second kappa shape index (κ2) is 7.83. The third-order valence-electron chi connectivity index (χ3n) is 5.09. The Bertz CT molecular complexity index is 1090. The Balaban J connectivity index is 1.69. The molecule has 1 aliphatic heterocycles. The van der Waals surface area contributed by atoms with Crippen LogP contribution in [0.3, 0.4) is 0 Å². The fraction of sp³-hybridized carbons (Fsp3) is 0.125. The summed E-state index contributed by atoms with van der Waals surface area (Å²) in [6, 6.07) is 20.7. The van der Waals surface area contributed by atoms with Crippen molar-refractivity contribution in [1.82, 2.24) is 4.90 Å². The maximum Gasteiger partial charge on any atom is 0.263 e. The van der Waals surface area contributed by atoms with E-state index in [1.165, 1.54) is 4.90 Å². The highest BCUT2D eigenvalue weighted by Crippen LogP contribution is 2.26. The highest BCUT2D eigenvalue weighted by Gasteiger charge is 2.37. The fourth-order valence-corrected chi connectivity index (χ4v) is 3.39. The monoisotopic (exact) mass is 400 g/mol. The van der Waals surface area contributed by atoms with Gasteiger partial charge in [-0.05, 0) is 55.5 Å². The standard InChI is InChI=1S/C24H20N2O4/c1-16-7-11-18(12-8-16)25(22(27)17-9-13-19(30-2)14-10-17)15-26-23(28)20-5-3-4-6-21(20)24(26)29/h3-14H,15H2,1-2H3. The third kappa shape index (κ3) is 3.43. The molecular weight excluding hydrogens is 380 g/mol. The van der Waals surface area contributed by atoms with Crippen LogP contribution < -0.4 is 9.64 Å². The lowest BCUT2D eigenvalue weighted by Gasteiger charge is -2.27. The zero-order chi connectivity index (χ0) is 21.3. The molecule has 0 atom stereocenters. The zero-order valence-electron chi connectivity index (χ0n) is 16.7. The first-order valence-electron chi connectivity index (χ1n) is 9.47. The van der Waals surface area contributed by atoms with Gasteiger partial charge in [-0.3, -0.25) is 24.2 Å². The highest BCUT2D eigenvalue weighted by molar-refractivity contribution is 6.22. The van der Waals surface area contributed by atoms with Crippen molar-refractivity contribution in [2.24, 2.45) is 0 Å². The van der Waals surface area contributed by atoms with Crippen LogP contribution in [0.4, 0.5) is 5.69 Å². The second-order valence-electron chi connectivity index (χ2n) is 7.02. The van der Waals surface area contributed by atoms with Crippen molar-refractivity contribution in [2.75, 3.05) is 18.7 Å². The van der Waals surface area contributed by atoms with Gasteiger partial charge in [0.1, 0.15) is 12.4 Å². The topological polar surface area (TPSA) is 66.9 Å². The first-order chi connectivity index (χ1) is 14.5. The SMILES string of the molecule is COc1ccc(C(=O)N(CN2C(=O)c3ccccc3C2=O)c2ccc(C)cc2)cc1. The lowest BCUT2D eigenvalue weighted by molar-refractivity contribution is 0.0650. The van der Waals surface area contributed by atoms with E-state index in [0.717, 1.165) is 10.5 Å². The quantitative estimate of drug-likeness (QED) is 0.609. The van der Waals surface area contributed by atoms with E-state index in [9.17, 15) is 14.4 Å². The lowest BCUT2D eigenvalue weighted by atomic mass is 10.1. The van der Waals surface area contributed by atoms with Gasteiger partial charge in [0.05, 0.1) is 18.2 Å². The first-order valence-corrected chi connectivity index (χ1v) is 9.47. The third-order valence-corrected chi connectivity index (χ3v) is 5.09. The first kappa shape index (κ1) is 19.4. The van der Waals surface area contributed by atoms with Crippen molar-refractivity contribution in [3.8, 4) is 5.75 Å². The molecule has 0 aromatic heterocycles. The van der Waals surface area contributed by atoms with Gasteiger partial charge in [0.15, 0.2) is 0 Å². The van der Waals surface area contributed by atoms with Crippen LogP contribution in [-0.2, 0) is 0 Å². The molecule has 0 radical (unpaired) electrons. The smallest absolute Gasteiger partial charge is 0.263 e. The Morgan fingerprint density at radius 3 is 1.97 bits per heavy atom. The van der Waals surface area contributed by atoms with Gasteiger partial charge in [-0.2, -0.15) is 0 Å². The molecule has 3 amide bonds. The van der Waals surface area contributed by atoms with Gasteiger partial charge >= 0.3 is 0 Å². The average Bonchev–Trinajstić information content (AvgIpc) is 3.02. The Labute approximate surface area is 174 Å². The number of anilines is 1. The van der Waals surface area contributed by atoms with Crippen LogP contribution in [-0.4, -0.2) is 36.4 Å². The van der Waals surface area contributed by atoms with Crippen LogP contribution in [0.2, 0.25) is 0 Å². The number of methoxy groups -OCH3 is 1. The van der Waals surface area contributed by atoms with Gasteiger partial charge in [-0.25, -0.2) is 0 Å². The number of ether oxygens (including phenoxy) is 1. The van der Waals surface area contributed by atoms with E-state index in [-0.39, 0.29) is 12.6 Å². The molecule has 0 unspecified atom stereocenters. The molecular formula is C24H20N2O4. The molecule has 1 heterocycles. The zero-order valence-corrected chi connectivity index (χ0v) is 16.7. The highest BCUT2D eigenvalue weighted by atomic mass is 16.5. The molecule has 30 heavy (non-hydrogen) atoms. The number of carbonyl (C=O) groups is 3. The molecule has 0 aliphatic carbocycles. The number of carbonyl (C=O) groups excluding carboxylic acids is 3.